The summed E-state index contributed by atoms with van der Waals surface area (Å²) in [5.74, 6) is -0.187. The maximum Gasteiger partial charge on any atom is 0.302 e. The van der Waals surface area contributed by atoms with Gasteiger partial charge in [-0.15, -0.1) is 0 Å². The predicted octanol–water partition coefficient (Wildman–Crippen LogP) is 3.64. The van der Waals surface area contributed by atoms with Crippen molar-refractivity contribution in [3.63, 3.8) is 0 Å². The van der Waals surface area contributed by atoms with E-state index in [4.69, 9.17) is 23.7 Å². The Hall–Kier alpha value is -1.67. The number of ether oxygens (including phenoxy) is 5. The molecule has 0 amide bonds. The smallest absolute Gasteiger partial charge is 0.302 e. The molecule has 0 spiro atoms. The van der Waals surface area contributed by atoms with Gasteiger partial charge in [-0.3, -0.25) is 14.4 Å². The summed E-state index contributed by atoms with van der Waals surface area (Å²) in [5.41, 5.74) is -0.433. The second-order valence-electron chi connectivity index (χ2n) is 11.2. The maximum atomic E-state index is 11.7. The largest absolute Gasteiger partial charge is 0.467 e. The highest BCUT2D eigenvalue weighted by molar-refractivity contribution is 5.66. The summed E-state index contributed by atoms with van der Waals surface area (Å²) in [5, 5.41) is 0. The van der Waals surface area contributed by atoms with Gasteiger partial charge in [-0.05, 0) is 68.6 Å². The number of esters is 2. The first kappa shape index (κ1) is 25.4. The molecule has 0 bridgehead atoms. The fourth-order valence-electron chi connectivity index (χ4n) is 8.63. The van der Waals surface area contributed by atoms with E-state index >= 15 is 0 Å². The quantitative estimate of drug-likeness (QED) is 0.309. The zero-order valence-electron chi connectivity index (χ0n) is 21.2. The average Bonchev–Trinajstić information content (AvgIpc) is 3.14. The molecule has 4 fully saturated rings. The second-order valence-corrected chi connectivity index (χ2v) is 11.2. The molecular formula is C26H40O8. The molecule has 34 heavy (non-hydrogen) atoms. The Morgan fingerprint density at radius 1 is 1.09 bits per heavy atom. The van der Waals surface area contributed by atoms with Crippen LogP contribution in [0.2, 0.25) is 0 Å². The third-order valence-corrected chi connectivity index (χ3v) is 9.89. The van der Waals surface area contributed by atoms with Crippen molar-refractivity contribution in [2.24, 2.45) is 34.5 Å². The van der Waals surface area contributed by atoms with E-state index in [1.54, 1.807) is 7.11 Å². The lowest BCUT2D eigenvalue weighted by molar-refractivity contribution is -0.376. The maximum absolute atomic E-state index is 11.7. The van der Waals surface area contributed by atoms with E-state index in [-0.39, 0.29) is 42.1 Å². The Labute approximate surface area is 202 Å². The summed E-state index contributed by atoms with van der Waals surface area (Å²) < 4.78 is 29.4. The van der Waals surface area contributed by atoms with Gasteiger partial charge in [0.25, 0.3) is 6.47 Å². The van der Waals surface area contributed by atoms with Gasteiger partial charge in [0, 0.05) is 33.3 Å². The Bertz CT molecular complexity index is 800. The lowest BCUT2D eigenvalue weighted by atomic mass is 9.48. The van der Waals surface area contributed by atoms with Crippen molar-refractivity contribution in [2.75, 3.05) is 20.3 Å². The van der Waals surface area contributed by atoms with E-state index < -0.39 is 11.2 Å². The fourth-order valence-corrected chi connectivity index (χ4v) is 8.63. The van der Waals surface area contributed by atoms with Gasteiger partial charge in [0.2, 0.25) is 0 Å². The van der Waals surface area contributed by atoms with Crippen LogP contribution in [-0.4, -0.2) is 56.7 Å². The molecule has 0 unspecified atom stereocenters. The van der Waals surface area contributed by atoms with Gasteiger partial charge in [0.15, 0.2) is 5.79 Å². The number of fused-ring (bicyclic) bond motifs is 5. The zero-order valence-corrected chi connectivity index (χ0v) is 21.2. The van der Waals surface area contributed by atoms with Crippen molar-refractivity contribution in [1.82, 2.24) is 0 Å². The molecule has 3 saturated carbocycles. The molecule has 0 aromatic heterocycles. The molecule has 0 N–H and O–H groups in total. The minimum Gasteiger partial charge on any atom is -0.467 e. The molecule has 1 heterocycles. The van der Waals surface area contributed by atoms with Crippen LogP contribution in [0.5, 0.6) is 0 Å². The van der Waals surface area contributed by atoms with Crippen LogP contribution in [-0.2, 0) is 38.1 Å². The first-order chi connectivity index (χ1) is 16.1. The minimum absolute atomic E-state index is 0.0636. The lowest BCUT2D eigenvalue weighted by Gasteiger charge is -2.64. The number of methoxy groups -OCH3 is 1. The summed E-state index contributed by atoms with van der Waals surface area (Å²) in [6.45, 7) is 8.58. The van der Waals surface area contributed by atoms with E-state index in [9.17, 15) is 14.4 Å². The minimum atomic E-state index is -0.966. The first-order valence-corrected chi connectivity index (χ1v) is 12.7. The molecule has 4 rings (SSSR count). The molecular weight excluding hydrogens is 440 g/mol. The van der Waals surface area contributed by atoms with Crippen molar-refractivity contribution in [3.8, 4) is 0 Å². The van der Waals surface area contributed by atoms with Crippen LogP contribution < -0.4 is 0 Å². The highest BCUT2D eigenvalue weighted by atomic mass is 16.7. The topological polar surface area (TPSA) is 97.4 Å². The number of hydrogen-bond acceptors (Lipinski definition) is 8. The standard InChI is InChI=1S/C26H40O8/c1-16(33-17(2)28)21-6-7-22-20-13-32-26(30-5)12-19(34-18(3)29)8-11-25(26,14-31-15-27)23(20)9-10-24(21,22)4/h15-16,19-23H,6-14H2,1-5H3/t16-,19+,20+,21-,22+,23+,24-,25+,26+/m1/s1. The van der Waals surface area contributed by atoms with Crippen LogP contribution >= 0.6 is 0 Å². The Morgan fingerprint density at radius 3 is 2.50 bits per heavy atom. The van der Waals surface area contributed by atoms with Gasteiger partial charge in [0.05, 0.1) is 12.0 Å². The van der Waals surface area contributed by atoms with E-state index in [1.165, 1.54) is 13.8 Å². The van der Waals surface area contributed by atoms with Crippen LogP contribution in [0, 0.1) is 34.5 Å². The molecule has 4 aliphatic rings. The molecule has 0 aromatic carbocycles. The fraction of sp³-hybridized carbons (Fsp3) is 0.885. The van der Waals surface area contributed by atoms with Crippen molar-refractivity contribution in [3.05, 3.63) is 0 Å². The van der Waals surface area contributed by atoms with Crippen LogP contribution in [0.25, 0.3) is 0 Å². The van der Waals surface area contributed by atoms with Gasteiger partial charge < -0.3 is 23.7 Å². The normalized spacial score (nSPS) is 44.1. The zero-order chi connectivity index (χ0) is 24.7. The molecule has 0 radical (unpaired) electrons. The molecule has 1 saturated heterocycles. The van der Waals surface area contributed by atoms with E-state index in [2.05, 4.69) is 6.92 Å². The molecule has 0 aromatic rings. The Kier molecular flexibility index (Phi) is 7.04. The predicted molar refractivity (Wildman–Crippen MR) is 121 cm³/mol. The number of hydrogen-bond donors (Lipinski definition) is 0. The summed E-state index contributed by atoms with van der Waals surface area (Å²) >= 11 is 0. The van der Waals surface area contributed by atoms with Crippen molar-refractivity contribution in [2.45, 2.75) is 90.6 Å². The number of carbonyl (C=O) groups excluding carboxylic acids is 3. The lowest BCUT2D eigenvalue weighted by Crippen LogP contribution is -2.69. The van der Waals surface area contributed by atoms with Gasteiger partial charge in [0.1, 0.15) is 18.8 Å². The first-order valence-electron chi connectivity index (χ1n) is 12.7. The highest BCUT2D eigenvalue weighted by Gasteiger charge is 2.69. The van der Waals surface area contributed by atoms with Crippen LogP contribution in [0.1, 0.15) is 72.6 Å². The van der Waals surface area contributed by atoms with Crippen LogP contribution in [0.3, 0.4) is 0 Å². The Morgan fingerprint density at radius 2 is 1.85 bits per heavy atom. The van der Waals surface area contributed by atoms with E-state index in [0.29, 0.717) is 50.1 Å². The summed E-state index contributed by atoms with van der Waals surface area (Å²) in [6, 6.07) is 0. The van der Waals surface area contributed by atoms with Crippen LogP contribution in [0.4, 0.5) is 0 Å². The molecule has 8 heteroatoms. The van der Waals surface area contributed by atoms with Gasteiger partial charge in [-0.25, -0.2) is 0 Å². The molecule has 9 atom stereocenters. The second kappa shape index (κ2) is 9.41. The molecule has 3 aliphatic carbocycles. The van der Waals surface area contributed by atoms with Crippen LogP contribution in [0.15, 0.2) is 0 Å². The SMILES string of the molecule is CO[C@]12C[C@@H](OC(C)=O)CC[C@]1(COC=O)[C@H]1CC[C@]3(C)[C@@H]([C@@H](C)OC(C)=O)CC[C@H]3[C@@H]1CO2. The van der Waals surface area contributed by atoms with Crippen molar-refractivity contribution in [1.29, 1.82) is 0 Å². The number of carbonyl (C=O) groups is 3. The average molecular weight is 481 g/mol. The van der Waals surface area contributed by atoms with Gasteiger partial charge >= 0.3 is 11.9 Å². The third-order valence-electron chi connectivity index (χ3n) is 9.89. The molecule has 192 valence electrons. The summed E-state index contributed by atoms with van der Waals surface area (Å²) in [7, 11) is 1.64. The van der Waals surface area contributed by atoms with E-state index in [0.717, 1.165) is 25.7 Å². The molecule has 8 nitrogen and oxygen atoms in total. The highest BCUT2D eigenvalue weighted by Crippen LogP contribution is 2.68. The monoisotopic (exact) mass is 480 g/mol. The van der Waals surface area contributed by atoms with Gasteiger partial charge in [-0.1, -0.05) is 6.92 Å². The van der Waals surface area contributed by atoms with Gasteiger partial charge in [-0.2, -0.15) is 0 Å². The summed E-state index contributed by atoms with van der Waals surface area (Å²) in [4.78, 5) is 34.6. The molecule has 1 aliphatic heterocycles. The van der Waals surface area contributed by atoms with Crippen molar-refractivity contribution >= 4 is 18.4 Å². The van der Waals surface area contributed by atoms with Crippen molar-refractivity contribution < 1.29 is 38.1 Å². The third kappa shape index (κ3) is 3.94. The summed E-state index contributed by atoms with van der Waals surface area (Å²) in [6.07, 6.45) is 5.51. The van der Waals surface area contributed by atoms with E-state index in [1.807, 2.05) is 6.92 Å². The Balaban J connectivity index is 1.64. The number of rotatable bonds is 7.